The summed E-state index contributed by atoms with van der Waals surface area (Å²) in [6, 6.07) is 16.6. The highest BCUT2D eigenvalue weighted by Gasteiger charge is 2.49. The number of nitrogens with one attached hydrogen (secondary N) is 2. The number of hydrogen-bond acceptors (Lipinski definition) is 4. The Hall–Kier alpha value is -3.48. The summed E-state index contributed by atoms with van der Waals surface area (Å²) in [5, 5.41) is 11.4. The number of carbonyl (C=O) groups excluding carboxylic acids is 3. The van der Waals surface area contributed by atoms with Crippen LogP contribution in [0.1, 0.15) is 57.1 Å². The minimum atomic E-state index is -0.847. The first kappa shape index (κ1) is 26.1. The molecular formula is C28H36N4O3. The molecular weight excluding hydrogens is 440 g/mol. The lowest BCUT2D eigenvalue weighted by Crippen LogP contribution is -2.50. The maximum Gasteiger partial charge on any atom is 0.246 e. The lowest BCUT2D eigenvalue weighted by atomic mass is 9.69. The lowest BCUT2D eigenvalue weighted by Gasteiger charge is -2.35. The van der Waals surface area contributed by atoms with Gasteiger partial charge in [0.15, 0.2) is 0 Å². The van der Waals surface area contributed by atoms with Crippen molar-refractivity contribution in [2.45, 2.75) is 46.0 Å². The minimum Gasteiger partial charge on any atom is -0.369 e. The van der Waals surface area contributed by atoms with Crippen LogP contribution >= 0.6 is 0 Å². The van der Waals surface area contributed by atoms with E-state index in [0.29, 0.717) is 36.2 Å². The Morgan fingerprint density at radius 3 is 2.23 bits per heavy atom. The highest BCUT2D eigenvalue weighted by molar-refractivity contribution is 6.15. The van der Waals surface area contributed by atoms with Gasteiger partial charge in [-0.05, 0) is 31.2 Å². The molecule has 186 valence electrons. The number of nitrogens with zero attached hydrogens (tertiary/aromatic N) is 1. The molecule has 0 saturated heterocycles. The van der Waals surface area contributed by atoms with Crippen LogP contribution in [0.2, 0.25) is 0 Å². The predicted molar refractivity (Wildman–Crippen MR) is 138 cm³/mol. The Balaban J connectivity index is 1.75. The van der Waals surface area contributed by atoms with Gasteiger partial charge in [0.2, 0.25) is 17.7 Å². The van der Waals surface area contributed by atoms with Crippen molar-refractivity contribution >= 4 is 29.1 Å². The van der Waals surface area contributed by atoms with Gasteiger partial charge >= 0.3 is 0 Å². The van der Waals surface area contributed by atoms with E-state index in [1.807, 2.05) is 62.4 Å². The maximum atomic E-state index is 13.3. The molecule has 0 aromatic heterocycles. The van der Waals surface area contributed by atoms with Gasteiger partial charge in [0.25, 0.3) is 0 Å². The lowest BCUT2D eigenvalue weighted by molar-refractivity contribution is -0.141. The van der Waals surface area contributed by atoms with Crippen LogP contribution in [0.3, 0.4) is 0 Å². The van der Waals surface area contributed by atoms with Crippen LogP contribution in [-0.2, 0) is 14.4 Å². The molecule has 2 aromatic rings. The molecule has 1 aliphatic carbocycles. The third-order valence-electron chi connectivity index (χ3n) is 7.06. The molecule has 3 amide bonds. The average molecular weight is 477 g/mol. The quantitative estimate of drug-likeness (QED) is 0.452. The van der Waals surface area contributed by atoms with E-state index in [1.165, 1.54) is 4.90 Å². The standard InChI is InChI=1S/C28H36N4O3/c1-19(2)17-22(28(27(30)35)15-9-10-16-28)26(34)31-18-24(33)32(3)23-14-8-7-13-21(23)25(29)20-11-5-4-6-12-20/h4-8,11-14,19,22,29H,9-10,15-18H2,1-3H3,(H2,30,35)(H,31,34)/t22-/m0/s1. The van der Waals surface area contributed by atoms with E-state index in [1.54, 1.807) is 13.1 Å². The van der Waals surface area contributed by atoms with Crippen LogP contribution in [0.4, 0.5) is 5.69 Å². The zero-order valence-corrected chi connectivity index (χ0v) is 20.8. The molecule has 2 aromatic carbocycles. The second-order valence-electron chi connectivity index (χ2n) is 9.84. The number of carbonyl (C=O) groups is 3. The van der Waals surface area contributed by atoms with Crippen molar-refractivity contribution in [2.24, 2.45) is 23.0 Å². The number of amides is 3. The molecule has 7 heteroatoms. The summed E-state index contributed by atoms with van der Waals surface area (Å²) in [6.45, 7) is 3.83. The van der Waals surface area contributed by atoms with Crippen LogP contribution in [0.25, 0.3) is 0 Å². The zero-order chi connectivity index (χ0) is 25.6. The van der Waals surface area contributed by atoms with Crippen molar-refractivity contribution in [3.8, 4) is 0 Å². The van der Waals surface area contributed by atoms with E-state index in [0.717, 1.165) is 18.4 Å². The fraction of sp³-hybridized carbons (Fsp3) is 0.429. The molecule has 0 bridgehead atoms. The molecule has 0 aliphatic heterocycles. The fourth-order valence-corrected chi connectivity index (χ4v) is 5.10. The van der Waals surface area contributed by atoms with Crippen LogP contribution in [0, 0.1) is 22.7 Å². The van der Waals surface area contributed by atoms with Gasteiger partial charge in [0.05, 0.1) is 29.3 Å². The molecule has 1 fully saturated rings. The van der Waals surface area contributed by atoms with Crippen LogP contribution in [-0.4, -0.2) is 37.0 Å². The summed E-state index contributed by atoms with van der Waals surface area (Å²) in [7, 11) is 1.64. The van der Waals surface area contributed by atoms with Crippen molar-refractivity contribution in [3.05, 3.63) is 65.7 Å². The molecule has 1 aliphatic rings. The number of para-hydroxylation sites is 1. The summed E-state index contributed by atoms with van der Waals surface area (Å²) in [4.78, 5) is 40.3. The van der Waals surface area contributed by atoms with Crippen molar-refractivity contribution in [1.82, 2.24) is 5.32 Å². The number of primary amides is 1. The largest absolute Gasteiger partial charge is 0.369 e. The summed E-state index contributed by atoms with van der Waals surface area (Å²) < 4.78 is 0. The van der Waals surface area contributed by atoms with Crippen molar-refractivity contribution in [1.29, 1.82) is 5.41 Å². The number of anilines is 1. The highest BCUT2D eigenvalue weighted by Crippen LogP contribution is 2.46. The van der Waals surface area contributed by atoms with E-state index in [2.05, 4.69) is 5.32 Å². The molecule has 0 heterocycles. The number of rotatable bonds is 10. The van der Waals surface area contributed by atoms with E-state index >= 15 is 0 Å². The Morgan fingerprint density at radius 1 is 1.03 bits per heavy atom. The maximum absolute atomic E-state index is 13.3. The summed E-state index contributed by atoms with van der Waals surface area (Å²) in [5.41, 5.74) is 7.23. The first-order valence-corrected chi connectivity index (χ1v) is 12.2. The normalized spacial score (nSPS) is 15.4. The second kappa shape index (κ2) is 11.3. The highest BCUT2D eigenvalue weighted by atomic mass is 16.2. The number of benzene rings is 2. The van der Waals surface area contributed by atoms with Crippen LogP contribution in [0.15, 0.2) is 54.6 Å². The average Bonchev–Trinajstić information content (AvgIpc) is 3.36. The Morgan fingerprint density at radius 2 is 1.63 bits per heavy atom. The number of hydrogen-bond donors (Lipinski definition) is 3. The van der Waals surface area contributed by atoms with Gasteiger partial charge in [-0.1, -0.05) is 75.2 Å². The van der Waals surface area contributed by atoms with E-state index in [-0.39, 0.29) is 24.3 Å². The van der Waals surface area contributed by atoms with Gasteiger partial charge < -0.3 is 16.0 Å². The predicted octanol–water partition coefficient (Wildman–Crippen LogP) is 3.89. The summed E-state index contributed by atoms with van der Waals surface area (Å²) >= 11 is 0. The van der Waals surface area contributed by atoms with E-state index in [4.69, 9.17) is 11.1 Å². The molecule has 7 nitrogen and oxygen atoms in total. The second-order valence-corrected chi connectivity index (χ2v) is 9.84. The summed E-state index contributed by atoms with van der Waals surface area (Å²) in [6.07, 6.45) is 3.50. The van der Waals surface area contributed by atoms with Gasteiger partial charge in [-0.2, -0.15) is 0 Å². The Labute approximate surface area is 207 Å². The van der Waals surface area contributed by atoms with Crippen molar-refractivity contribution in [3.63, 3.8) is 0 Å². The van der Waals surface area contributed by atoms with Gasteiger partial charge in [-0.25, -0.2) is 0 Å². The third kappa shape index (κ3) is 5.78. The van der Waals surface area contributed by atoms with Crippen molar-refractivity contribution in [2.75, 3.05) is 18.5 Å². The molecule has 35 heavy (non-hydrogen) atoms. The minimum absolute atomic E-state index is 0.203. The van der Waals surface area contributed by atoms with E-state index < -0.39 is 17.2 Å². The van der Waals surface area contributed by atoms with Crippen LogP contribution < -0.4 is 16.0 Å². The molecule has 1 saturated carbocycles. The Kier molecular flexibility index (Phi) is 8.43. The Bertz CT molecular complexity index is 1070. The van der Waals surface area contributed by atoms with Gasteiger partial charge in [-0.3, -0.25) is 19.8 Å². The molecule has 0 unspecified atom stereocenters. The molecule has 3 rings (SSSR count). The van der Waals surface area contributed by atoms with Gasteiger partial charge in [-0.15, -0.1) is 0 Å². The third-order valence-corrected chi connectivity index (χ3v) is 7.06. The monoisotopic (exact) mass is 476 g/mol. The first-order valence-electron chi connectivity index (χ1n) is 12.2. The smallest absolute Gasteiger partial charge is 0.246 e. The van der Waals surface area contributed by atoms with Crippen LogP contribution in [0.5, 0.6) is 0 Å². The molecule has 0 spiro atoms. The van der Waals surface area contributed by atoms with E-state index in [9.17, 15) is 14.4 Å². The van der Waals surface area contributed by atoms with Crippen molar-refractivity contribution < 1.29 is 14.4 Å². The zero-order valence-electron chi connectivity index (χ0n) is 20.8. The topological polar surface area (TPSA) is 116 Å². The SMILES string of the molecule is CC(C)C[C@@H](C(=O)NCC(=O)N(C)c1ccccc1C(=N)c1ccccc1)C1(C(N)=O)CCCC1. The molecule has 0 radical (unpaired) electrons. The summed E-state index contributed by atoms with van der Waals surface area (Å²) in [5.74, 6) is -1.38. The fourth-order valence-electron chi connectivity index (χ4n) is 5.10. The first-order chi connectivity index (χ1) is 16.7. The number of nitrogens with two attached hydrogens (primary N) is 1. The van der Waals surface area contributed by atoms with Gasteiger partial charge in [0, 0.05) is 18.2 Å². The van der Waals surface area contributed by atoms with Gasteiger partial charge in [0.1, 0.15) is 0 Å². The molecule has 1 atom stereocenters. The number of likely N-dealkylation sites (N-methyl/N-ethyl adjacent to an activating group) is 1. The molecule has 4 N–H and O–H groups in total.